The highest BCUT2D eigenvalue weighted by molar-refractivity contribution is 6.99. The van der Waals surface area contributed by atoms with E-state index in [1.807, 2.05) is 0 Å². The van der Waals surface area contributed by atoms with Gasteiger partial charge in [0.05, 0.1) is 17.0 Å². The van der Waals surface area contributed by atoms with Crippen LogP contribution in [-0.2, 0) is 21.7 Å². The largest absolute Gasteiger partial charge is 0.472 e. The molecule has 3 aliphatic rings. The number of nitrogens with zero attached hydrogens (tertiary/aromatic N) is 3. The molecular formula is C65H68BN3O. The maximum atomic E-state index is 7.71. The lowest BCUT2D eigenvalue weighted by Gasteiger charge is -2.45. The van der Waals surface area contributed by atoms with Gasteiger partial charge < -0.3 is 19.1 Å². The van der Waals surface area contributed by atoms with Gasteiger partial charge in [-0.1, -0.05) is 160 Å². The molecule has 0 N–H and O–H groups in total. The monoisotopic (exact) mass is 918 g/mol. The van der Waals surface area contributed by atoms with Crippen LogP contribution in [0.4, 0.5) is 51.2 Å². The highest BCUT2D eigenvalue weighted by Gasteiger charge is 2.52. The number of fused-ring (bicyclic) bond motifs is 6. The Morgan fingerprint density at radius 3 is 1.73 bits per heavy atom. The van der Waals surface area contributed by atoms with Gasteiger partial charge in [0.15, 0.2) is 0 Å². The molecule has 1 aromatic heterocycles. The van der Waals surface area contributed by atoms with Crippen molar-refractivity contribution in [1.29, 1.82) is 0 Å². The van der Waals surface area contributed by atoms with E-state index in [1.54, 1.807) is 0 Å². The number of para-hydroxylation sites is 2. The van der Waals surface area contributed by atoms with Crippen LogP contribution >= 0.6 is 0 Å². The van der Waals surface area contributed by atoms with Crippen molar-refractivity contribution >= 4 is 74.5 Å². The molecule has 352 valence electrons. The molecule has 0 saturated carbocycles. The summed E-state index contributed by atoms with van der Waals surface area (Å²) in [5.41, 5.74) is 23.8. The summed E-state index contributed by atoms with van der Waals surface area (Å²) in [5, 5.41) is 0. The highest BCUT2D eigenvalue weighted by atomic mass is 16.3. The van der Waals surface area contributed by atoms with Crippen molar-refractivity contribution in [3.8, 4) is 11.1 Å². The van der Waals surface area contributed by atoms with Crippen LogP contribution in [0, 0.1) is 20.8 Å². The Bertz CT molecular complexity index is 3300. The molecule has 0 unspecified atom stereocenters. The van der Waals surface area contributed by atoms with E-state index in [0.717, 1.165) is 58.4 Å². The van der Waals surface area contributed by atoms with Crippen molar-refractivity contribution in [2.75, 3.05) is 14.7 Å². The second kappa shape index (κ2) is 16.2. The highest BCUT2D eigenvalue weighted by Crippen LogP contribution is 2.56. The summed E-state index contributed by atoms with van der Waals surface area (Å²) in [6.45, 7) is 30.1. The first-order valence-corrected chi connectivity index (χ1v) is 25.5. The molecule has 11 rings (SSSR count). The average molecular weight is 918 g/mol. The maximum Gasteiger partial charge on any atom is 0.297 e. The quantitative estimate of drug-likeness (QED) is 0.155. The molecule has 8 aromatic rings. The molecule has 0 spiro atoms. The molecule has 0 fully saturated rings. The number of anilines is 9. The van der Waals surface area contributed by atoms with Crippen LogP contribution < -0.4 is 31.3 Å². The summed E-state index contributed by atoms with van der Waals surface area (Å²) in [4.78, 5) is 7.66. The lowest BCUT2D eigenvalue weighted by atomic mass is 9.35. The molecule has 0 saturated heterocycles. The van der Waals surface area contributed by atoms with Crippen LogP contribution in [0.25, 0.3) is 11.1 Å². The van der Waals surface area contributed by atoms with Gasteiger partial charge in [-0.05, 0) is 155 Å². The summed E-state index contributed by atoms with van der Waals surface area (Å²) in [5.74, 6) is 1.13. The maximum absolute atomic E-state index is 7.71. The van der Waals surface area contributed by atoms with Gasteiger partial charge in [-0.2, -0.15) is 0 Å². The van der Waals surface area contributed by atoms with E-state index in [4.69, 9.17) is 4.42 Å². The molecule has 4 nitrogen and oxygen atoms in total. The summed E-state index contributed by atoms with van der Waals surface area (Å²) in [7, 11) is 0. The van der Waals surface area contributed by atoms with Gasteiger partial charge in [0.25, 0.3) is 6.71 Å². The van der Waals surface area contributed by atoms with Crippen molar-refractivity contribution in [2.24, 2.45) is 0 Å². The Kier molecular flexibility index (Phi) is 10.6. The first-order chi connectivity index (χ1) is 33.2. The molecule has 2 aliphatic heterocycles. The van der Waals surface area contributed by atoms with Crippen LogP contribution in [0.2, 0.25) is 0 Å². The van der Waals surface area contributed by atoms with Gasteiger partial charge in [-0.25, -0.2) is 0 Å². The Hall–Kier alpha value is -6.72. The Morgan fingerprint density at radius 1 is 0.543 bits per heavy atom. The zero-order valence-corrected chi connectivity index (χ0v) is 43.7. The minimum Gasteiger partial charge on any atom is -0.472 e. The minimum atomic E-state index is -0.164. The van der Waals surface area contributed by atoms with Crippen LogP contribution in [0.3, 0.4) is 0 Å². The fraction of sp³-hybridized carbons (Fsp3) is 0.292. The fourth-order valence-electron chi connectivity index (χ4n) is 11.8. The predicted octanol–water partition coefficient (Wildman–Crippen LogP) is 16.4. The SMILES string of the molecule is Cc1cc2c3c(c1)N(c1ccc(C(C)(C)C)cc1)c1c(oc4c1C(C)(C)CCC4(C)C)B3c1ccc(N(c3ccccc3C)c3ccccc3C)cc1N2c1ccc(C(C)(C)C)cc1-c1ccccc1. The molecule has 5 heteroatoms. The standard InChI is InChI=1S/C65H68BN3O/c1-41-37-55-58-56(38-41)69(53-34-29-46(63(7,8)9)39-49(53)44-23-15-14-16-24-44)54-40-48(67(51-25-19-17-21-42(51)2)52-26-20-18-22-43(52)3)32-33-50(54)66(58)61-59(57-60(70-61)65(12,13)36-35-64(57,10)11)68(55)47-30-27-45(28-31-47)62(4,5)6/h14-34,37-40H,35-36H2,1-13H3. The molecule has 0 amide bonds. The van der Waals surface area contributed by atoms with Crippen LogP contribution in [-0.4, -0.2) is 6.71 Å². The lowest BCUT2D eigenvalue weighted by molar-refractivity contribution is 0.282. The predicted molar refractivity (Wildman–Crippen MR) is 300 cm³/mol. The van der Waals surface area contributed by atoms with Gasteiger partial charge in [0, 0.05) is 56.4 Å². The normalized spacial score (nSPS) is 15.5. The number of benzene rings is 7. The van der Waals surface area contributed by atoms with Crippen molar-refractivity contribution in [3.05, 3.63) is 191 Å². The first kappa shape index (κ1) is 45.7. The molecule has 0 bridgehead atoms. The zero-order chi connectivity index (χ0) is 49.2. The van der Waals surface area contributed by atoms with Crippen LogP contribution in [0.1, 0.15) is 121 Å². The molecule has 0 atom stereocenters. The molecule has 70 heavy (non-hydrogen) atoms. The second-order valence-corrected chi connectivity index (χ2v) is 23.9. The number of hydrogen-bond donors (Lipinski definition) is 0. The summed E-state index contributed by atoms with van der Waals surface area (Å²) in [6.07, 6.45) is 2.15. The third-order valence-electron chi connectivity index (χ3n) is 15.8. The Labute approximate surface area is 418 Å². The summed E-state index contributed by atoms with van der Waals surface area (Å²) in [6, 6.07) is 57.3. The zero-order valence-electron chi connectivity index (χ0n) is 43.7. The number of aryl methyl sites for hydroxylation is 3. The molecular weight excluding hydrogens is 850 g/mol. The van der Waals surface area contributed by atoms with E-state index in [1.165, 1.54) is 72.5 Å². The molecule has 7 aromatic carbocycles. The third-order valence-corrected chi connectivity index (χ3v) is 15.8. The van der Waals surface area contributed by atoms with E-state index < -0.39 is 0 Å². The van der Waals surface area contributed by atoms with E-state index in [-0.39, 0.29) is 28.4 Å². The number of rotatable bonds is 6. The summed E-state index contributed by atoms with van der Waals surface area (Å²) >= 11 is 0. The van der Waals surface area contributed by atoms with Crippen molar-refractivity contribution in [2.45, 2.75) is 125 Å². The van der Waals surface area contributed by atoms with Gasteiger partial charge in [0.1, 0.15) is 5.76 Å². The fourth-order valence-corrected chi connectivity index (χ4v) is 11.8. The van der Waals surface area contributed by atoms with Gasteiger partial charge in [-0.3, -0.25) is 0 Å². The van der Waals surface area contributed by atoms with E-state index in [9.17, 15) is 0 Å². The van der Waals surface area contributed by atoms with Gasteiger partial charge in [0.2, 0.25) is 0 Å². The Morgan fingerprint density at radius 2 is 1.11 bits per heavy atom. The van der Waals surface area contributed by atoms with Gasteiger partial charge >= 0.3 is 0 Å². The van der Waals surface area contributed by atoms with E-state index in [0.29, 0.717) is 0 Å². The van der Waals surface area contributed by atoms with Crippen LogP contribution in [0.15, 0.2) is 156 Å². The number of furan rings is 1. The van der Waals surface area contributed by atoms with Crippen molar-refractivity contribution in [3.63, 3.8) is 0 Å². The topological polar surface area (TPSA) is 22.9 Å². The third kappa shape index (κ3) is 7.33. The molecule has 1 aliphatic carbocycles. The van der Waals surface area contributed by atoms with Crippen molar-refractivity contribution in [1.82, 2.24) is 0 Å². The molecule has 3 heterocycles. The van der Waals surface area contributed by atoms with E-state index in [2.05, 4.69) is 256 Å². The molecule has 0 radical (unpaired) electrons. The first-order valence-electron chi connectivity index (χ1n) is 25.5. The lowest BCUT2D eigenvalue weighted by Crippen LogP contribution is -2.61. The Balaban J connectivity index is 1.27. The van der Waals surface area contributed by atoms with Crippen molar-refractivity contribution < 1.29 is 4.42 Å². The van der Waals surface area contributed by atoms with E-state index >= 15 is 0 Å². The minimum absolute atomic E-state index is 0.0239. The van der Waals surface area contributed by atoms with Gasteiger partial charge in [-0.15, -0.1) is 0 Å². The van der Waals surface area contributed by atoms with Crippen LogP contribution in [0.5, 0.6) is 0 Å². The second-order valence-electron chi connectivity index (χ2n) is 23.9. The summed E-state index contributed by atoms with van der Waals surface area (Å²) < 4.78 is 7.71. The number of hydrogen-bond acceptors (Lipinski definition) is 4. The average Bonchev–Trinajstić information content (AvgIpc) is 3.74. The smallest absolute Gasteiger partial charge is 0.297 e.